The van der Waals surface area contributed by atoms with Crippen LogP contribution in [0.15, 0.2) is 30.3 Å². The van der Waals surface area contributed by atoms with Crippen molar-refractivity contribution in [3.05, 3.63) is 35.9 Å². The molecule has 2 unspecified atom stereocenters. The number of hydrogen-bond donors (Lipinski definition) is 1. The zero-order valence-corrected chi connectivity index (χ0v) is 10.8. The van der Waals surface area contributed by atoms with E-state index in [-0.39, 0.29) is 17.9 Å². The van der Waals surface area contributed by atoms with Gasteiger partial charge >= 0.3 is 0 Å². The number of nitrogens with one attached hydrogen (secondary N) is 1. The summed E-state index contributed by atoms with van der Waals surface area (Å²) in [6, 6.07) is 9.20. The predicted molar refractivity (Wildman–Crippen MR) is 71.4 cm³/mol. The van der Waals surface area contributed by atoms with Gasteiger partial charge < -0.3 is 10.2 Å². The zero-order valence-electron chi connectivity index (χ0n) is 10.8. The van der Waals surface area contributed by atoms with E-state index in [4.69, 9.17) is 0 Å². The number of benzene rings is 1. The molecule has 4 nitrogen and oxygen atoms in total. The molecule has 2 saturated heterocycles. The molecule has 2 fully saturated rings. The maximum atomic E-state index is 12.4. The SMILES string of the molecule is O=C1NC(Cc2ccccc2)C(=O)N2CCCCC12. The minimum atomic E-state index is -0.399. The molecule has 0 aliphatic carbocycles. The van der Waals surface area contributed by atoms with E-state index in [2.05, 4.69) is 5.32 Å². The maximum Gasteiger partial charge on any atom is 0.246 e. The highest BCUT2D eigenvalue weighted by atomic mass is 16.2. The van der Waals surface area contributed by atoms with Gasteiger partial charge in [0.05, 0.1) is 0 Å². The Morgan fingerprint density at radius 1 is 1.16 bits per heavy atom. The lowest BCUT2D eigenvalue weighted by Crippen LogP contribution is -2.64. The normalized spacial score (nSPS) is 26.8. The van der Waals surface area contributed by atoms with Crippen LogP contribution in [0.5, 0.6) is 0 Å². The first-order valence-electron chi connectivity index (χ1n) is 6.90. The Hall–Kier alpha value is -1.84. The molecule has 2 amide bonds. The van der Waals surface area contributed by atoms with Crippen molar-refractivity contribution in [3.8, 4) is 0 Å². The Balaban J connectivity index is 1.76. The highest BCUT2D eigenvalue weighted by Crippen LogP contribution is 2.22. The largest absolute Gasteiger partial charge is 0.342 e. The number of amides is 2. The Morgan fingerprint density at radius 3 is 2.74 bits per heavy atom. The molecule has 1 N–H and O–H groups in total. The standard InChI is InChI=1S/C15H18N2O2/c18-14-13-8-4-5-9-17(13)15(19)12(16-14)10-11-6-2-1-3-7-11/h1-3,6-7,12-13H,4-5,8-10H2,(H,16,18). The molecule has 1 aromatic carbocycles. The van der Waals surface area contributed by atoms with Gasteiger partial charge in [-0.05, 0) is 24.8 Å². The fourth-order valence-corrected chi connectivity index (χ4v) is 2.99. The average Bonchev–Trinajstić information content (AvgIpc) is 2.46. The summed E-state index contributed by atoms with van der Waals surface area (Å²) < 4.78 is 0. The fraction of sp³-hybridized carbons (Fsp3) is 0.467. The van der Waals surface area contributed by atoms with Crippen LogP contribution in [-0.4, -0.2) is 35.3 Å². The van der Waals surface area contributed by atoms with E-state index in [1.165, 1.54) is 0 Å². The number of rotatable bonds is 2. The van der Waals surface area contributed by atoms with Crippen molar-refractivity contribution >= 4 is 11.8 Å². The van der Waals surface area contributed by atoms with Gasteiger partial charge in [0, 0.05) is 13.0 Å². The summed E-state index contributed by atoms with van der Waals surface area (Å²) in [6.07, 6.45) is 3.42. The van der Waals surface area contributed by atoms with Gasteiger partial charge in [-0.15, -0.1) is 0 Å². The number of carbonyl (C=O) groups is 2. The van der Waals surface area contributed by atoms with Crippen LogP contribution in [0.4, 0.5) is 0 Å². The van der Waals surface area contributed by atoms with Gasteiger partial charge in [-0.2, -0.15) is 0 Å². The second kappa shape index (κ2) is 5.03. The third-order valence-electron chi connectivity index (χ3n) is 3.99. The number of nitrogens with zero attached hydrogens (tertiary/aromatic N) is 1. The van der Waals surface area contributed by atoms with Gasteiger partial charge in [-0.1, -0.05) is 30.3 Å². The minimum absolute atomic E-state index is 0.0141. The molecule has 19 heavy (non-hydrogen) atoms. The van der Waals surface area contributed by atoms with Crippen LogP contribution < -0.4 is 5.32 Å². The summed E-state index contributed by atoms with van der Waals surface area (Å²) in [5.74, 6) is 0.0911. The minimum Gasteiger partial charge on any atom is -0.342 e. The third-order valence-corrected chi connectivity index (χ3v) is 3.99. The van der Waals surface area contributed by atoms with Gasteiger partial charge in [-0.25, -0.2) is 0 Å². The Bertz CT molecular complexity index is 486. The summed E-state index contributed by atoms with van der Waals surface area (Å²) in [5.41, 5.74) is 1.08. The van der Waals surface area contributed by atoms with Gasteiger partial charge in [0.25, 0.3) is 0 Å². The molecule has 2 atom stereocenters. The number of piperazine rings is 1. The fourth-order valence-electron chi connectivity index (χ4n) is 2.99. The van der Waals surface area contributed by atoms with Crippen molar-refractivity contribution in [2.75, 3.05) is 6.54 Å². The lowest BCUT2D eigenvalue weighted by molar-refractivity contribution is -0.151. The molecular formula is C15H18N2O2. The van der Waals surface area contributed by atoms with Gasteiger partial charge in [-0.3, -0.25) is 9.59 Å². The van der Waals surface area contributed by atoms with Crippen molar-refractivity contribution in [1.29, 1.82) is 0 Å². The first-order valence-corrected chi connectivity index (χ1v) is 6.90. The van der Waals surface area contributed by atoms with E-state index >= 15 is 0 Å². The maximum absolute atomic E-state index is 12.4. The Labute approximate surface area is 112 Å². The van der Waals surface area contributed by atoms with E-state index in [1.807, 2.05) is 30.3 Å². The van der Waals surface area contributed by atoms with Gasteiger partial charge in [0.1, 0.15) is 12.1 Å². The molecule has 4 heteroatoms. The molecule has 0 bridgehead atoms. The number of fused-ring (bicyclic) bond motifs is 1. The molecule has 2 heterocycles. The highest BCUT2D eigenvalue weighted by Gasteiger charge is 2.41. The summed E-state index contributed by atoms with van der Waals surface area (Å²) in [4.78, 5) is 26.3. The summed E-state index contributed by atoms with van der Waals surface area (Å²) in [5, 5.41) is 2.88. The smallest absolute Gasteiger partial charge is 0.246 e. The first kappa shape index (κ1) is 12.2. The van der Waals surface area contributed by atoms with Gasteiger partial charge in [0.2, 0.25) is 11.8 Å². The third kappa shape index (κ3) is 2.35. The van der Waals surface area contributed by atoms with Crippen LogP contribution in [0.2, 0.25) is 0 Å². The van der Waals surface area contributed by atoms with Crippen LogP contribution >= 0.6 is 0 Å². The monoisotopic (exact) mass is 258 g/mol. The highest BCUT2D eigenvalue weighted by molar-refractivity contribution is 5.97. The molecule has 2 aliphatic rings. The van der Waals surface area contributed by atoms with E-state index in [0.717, 1.165) is 31.4 Å². The zero-order chi connectivity index (χ0) is 13.2. The number of carbonyl (C=O) groups excluding carboxylic acids is 2. The molecule has 100 valence electrons. The van der Waals surface area contributed by atoms with E-state index in [1.54, 1.807) is 4.90 Å². The van der Waals surface area contributed by atoms with Crippen molar-refractivity contribution in [2.45, 2.75) is 37.8 Å². The van der Waals surface area contributed by atoms with Crippen LogP contribution in [0.25, 0.3) is 0 Å². The molecule has 1 aromatic rings. The molecule has 3 rings (SSSR count). The Morgan fingerprint density at radius 2 is 1.95 bits per heavy atom. The van der Waals surface area contributed by atoms with Gasteiger partial charge in [0.15, 0.2) is 0 Å². The summed E-state index contributed by atoms with van der Waals surface area (Å²) in [7, 11) is 0. The summed E-state index contributed by atoms with van der Waals surface area (Å²) >= 11 is 0. The van der Waals surface area contributed by atoms with E-state index < -0.39 is 6.04 Å². The van der Waals surface area contributed by atoms with Crippen molar-refractivity contribution in [2.24, 2.45) is 0 Å². The molecular weight excluding hydrogens is 240 g/mol. The molecule has 2 aliphatic heterocycles. The van der Waals surface area contributed by atoms with Crippen molar-refractivity contribution in [1.82, 2.24) is 10.2 Å². The number of hydrogen-bond acceptors (Lipinski definition) is 2. The predicted octanol–water partition coefficient (Wildman–Crippen LogP) is 1.11. The van der Waals surface area contributed by atoms with Crippen LogP contribution in [0, 0.1) is 0 Å². The molecule has 0 radical (unpaired) electrons. The summed E-state index contributed by atoms with van der Waals surface area (Å²) in [6.45, 7) is 0.724. The topological polar surface area (TPSA) is 49.4 Å². The number of piperidine rings is 1. The van der Waals surface area contributed by atoms with E-state index in [0.29, 0.717) is 6.42 Å². The molecule has 0 aromatic heterocycles. The molecule has 0 spiro atoms. The lowest BCUT2D eigenvalue weighted by Gasteiger charge is -2.41. The average molecular weight is 258 g/mol. The van der Waals surface area contributed by atoms with Crippen molar-refractivity contribution < 1.29 is 9.59 Å². The quantitative estimate of drug-likeness (QED) is 0.864. The lowest BCUT2D eigenvalue weighted by atomic mass is 9.94. The molecule has 0 saturated carbocycles. The second-order valence-corrected chi connectivity index (χ2v) is 5.29. The van der Waals surface area contributed by atoms with Crippen LogP contribution in [-0.2, 0) is 16.0 Å². The van der Waals surface area contributed by atoms with Crippen LogP contribution in [0.3, 0.4) is 0 Å². The Kier molecular flexibility index (Phi) is 3.23. The first-order chi connectivity index (χ1) is 9.25. The second-order valence-electron chi connectivity index (χ2n) is 5.29. The van der Waals surface area contributed by atoms with Crippen molar-refractivity contribution in [3.63, 3.8) is 0 Å². The van der Waals surface area contributed by atoms with E-state index in [9.17, 15) is 9.59 Å². The van der Waals surface area contributed by atoms with Crippen LogP contribution in [0.1, 0.15) is 24.8 Å².